The van der Waals surface area contributed by atoms with Crippen molar-refractivity contribution < 1.29 is 0 Å². The van der Waals surface area contributed by atoms with E-state index in [1.165, 1.54) is 93.2 Å². The second-order valence-electron chi connectivity index (χ2n) is 18.8. The molecular weight excluding hydrogens is 837 g/mol. The first-order chi connectivity index (χ1) is 34.2. The molecule has 16 rings (SSSR count). The topological polar surface area (TPSA) is 35.6 Å². The Kier molecular flexibility index (Phi) is 7.24. The van der Waals surface area contributed by atoms with Crippen molar-refractivity contribution in [1.82, 2.24) is 19.1 Å². The molecule has 1 aliphatic carbocycles. The summed E-state index contributed by atoms with van der Waals surface area (Å²) in [6.45, 7) is 0. The molecule has 0 saturated carbocycles. The van der Waals surface area contributed by atoms with Crippen LogP contribution < -0.4 is 0 Å². The van der Waals surface area contributed by atoms with Gasteiger partial charge in [0, 0.05) is 32.5 Å². The smallest absolute Gasteiger partial charge is 0.235 e. The van der Waals surface area contributed by atoms with Crippen LogP contribution >= 0.6 is 0 Å². The van der Waals surface area contributed by atoms with Gasteiger partial charge in [-0.25, -0.2) is 9.97 Å². The van der Waals surface area contributed by atoms with Crippen LogP contribution in [0.1, 0.15) is 22.3 Å². The van der Waals surface area contributed by atoms with Gasteiger partial charge in [-0.05, 0) is 109 Å². The van der Waals surface area contributed by atoms with E-state index in [1.54, 1.807) is 0 Å². The quantitative estimate of drug-likeness (QED) is 0.177. The van der Waals surface area contributed by atoms with Crippen LogP contribution in [0.4, 0.5) is 0 Å². The Bertz CT molecular complexity index is 4520. The van der Waals surface area contributed by atoms with Gasteiger partial charge >= 0.3 is 0 Å². The number of aromatic nitrogens is 4. The third-order valence-corrected chi connectivity index (χ3v) is 15.5. The van der Waals surface area contributed by atoms with E-state index in [2.05, 4.69) is 240 Å². The monoisotopic (exact) mass is 874 g/mol. The molecule has 4 heteroatoms. The summed E-state index contributed by atoms with van der Waals surface area (Å²) >= 11 is 0. The van der Waals surface area contributed by atoms with Crippen molar-refractivity contribution in [2.24, 2.45) is 0 Å². The van der Waals surface area contributed by atoms with Crippen LogP contribution in [0.2, 0.25) is 0 Å². The van der Waals surface area contributed by atoms with Crippen molar-refractivity contribution in [3.63, 3.8) is 0 Å². The summed E-state index contributed by atoms with van der Waals surface area (Å²) in [6, 6.07) is 85.0. The van der Waals surface area contributed by atoms with Crippen molar-refractivity contribution in [3.8, 4) is 45.1 Å². The molecule has 0 unspecified atom stereocenters. The zero-order chi connectivity index (χ0) is 45.0. The predicted octanol–water partition coefficient (Wildman–Crippen LogP) is 16.1. The Labute approximate surface area is 396 Å². The van der Waals surface area contributed by atoms with E-state index in [-0.39, 0.29) is 0 Å². The number of nitrogens with zero attached hydrogens (tertiary/aromatic N) is 4. The lowest BCUT2D eigenvalue weighted by Crippen LogP contribution is -2.33. The molecule has 0 amide bonds. The van der Waals surface area contributed by atoms with Crippen molar-refractivity contribution in [2.75, 3.05) is 0 Å². The van der Waals surface area contributed by atoms with Crippen LogP contribution in [0, 0.1) is 0 Å². The average molecular weight is 875 g/mol. The third kappa shape index (κ3) is 4.82. The molecule has 4 nitrogen and oxygen atoms in total. The zero-order valence-corrected chi connectivity index (χ0v) is 37.2. The minimum absolute atomic E-state index is 0.434. The van der Waals surface area contributed by atoms with Gasteiger partial charge in [0.25, 0.3) is 0 Å². The molecule has 2 aliphatic rings. The van der Waals surface area contributed by atoms with E-state index >= 15 is 0 Å². The van der Waals surface area contributed by atoms with Crippen molar-refractivity contribution in [2.45, 2.75) is 5.41 Å². The third-order valence-electron chi connectivity index (χ3n) is 15.5. The Morgan fingerprint density at radius 1 is 0.319 bits per heavy atom. The van der Waals surface area contributed by atoms with Crippen LogP contribution in [-0.2, 0) is 5.41 Å². The van der Waals surface area contributed by atoms with Crippen LogP contribution in [0.15, 0.2) is 231 Å². The molecule has 11 aromatic carbocycles. The number of para-hydroxylation sites is 4. The highest BCUT2D eigenvalue weighted by Crippen LogP contribution is 2.61. The van der Waals surface area contributed by atoms with Crippen molar-refractivity contribution in [1.29, 1.82) is 0 Å². The SMILES string of the molecule is c1ccc2c(c1)-c1ccccc1C21c2ccccc2-n2c3cc4cc(-c5ccc6c7ccccc7n(-c7nc(-c8cccc9ccccc89)c8ccccc8n7)c6c5)ccc4cc3c3cccc1c32. The summed E-state index contributed by atoms with van der Waals surface area (Å²) in [5, 5.41) is 10.7. The number of benzene rings is 11. The Balaban J connectivity index is 0.906. The van der Waals surface area contributed by atoms with Crippen LogP contribution in [0.3, 0.4) is 0 Å². The van der Waals surface area contributed by atoms with Gasteiger partial charge in [-0.15, -0.1) is 0 Å². The van der Waals surface area contributed by atoms with E-state index in [1.807, 2.05) is 0 Å². The zero-order valence-electron chi connectivity index (χ0n) is 37.2. The lowest BCUT2D eigenvalue weighted by molar-refractivity contribution is 0.748. The molecule has 0 saturated heterocycles. The molecule has 14 aromatic rings. The standard InChI is InChI=1S/C65H38N4/c1-2-17-44-39(15-1)16-13-22-49(44)62-51-21-5-10-28-57(51)66-64(67-62)69-58-29-11-6-20-47(58)48-34-33-42(37-60(48)69)40-31-32-41-36-52-50-23-14-27-56-63(50)68(61(52)38-43(41)35-40)59-30-12-9-26-55(59)65(56)53-24-7-3-18-45(53)46-19-4-8-25-54(46)65/h1-38H. The molecule has 0 N–H and O–H groups in total. The molecule has 3 aromatic heterocycles. The summed E-state index contributed by atoms with van der Waals surface area (Å²) in [5.74, 6) is 0.654. The second-order valence-corrected chi connectivity index (χ2v) is 18.8. The van der Waals surface area contributed by atoms with E-state index in [0.29, 0.717) is 5.95 Å². The molecule has 4 heterocycles. The largest absolute Gasteiger partial charge is 0.309 e. The highest BCUT2D eigenvalue weighted by atomic mass is 15.2. The predicted molar refractivity (Wildman–Crippen MR) is 285 cm³/mol. The Morgan fingerprint density at radius 3 is 1.80 bits per heavy atom. The normalized spacial score (nSPS) is 13.3. The lowest BCUT2D eigenvalue weighted by atomic mass is 9.65. The first-order valence-corrected chi connectivity index (χ1v) is 23.8. The summed E-state index contributed by atoms with van der Waals surface area (Å²) in [5.41, 5.74) is 18.7. The second kappa shape index (κ2) is 13.5. The number of rotatable bonds is 3. The summed E-state index contributed by atoms with van der Waals surface area (Å²) in [4.78, 5) is 10.8. The molecule has 1 spiro atoms. The van der Waals surface area contributed by atoms with Crippen LogP contribution in [0.25, 0.3) is 121 Å². The van der Waals surface area contributed by atoms with Gasteiger partial charge in [-0.1, -0.05) is 188 Å². The van der Waals surface area contributed by atoms with E-state index < -0.39 is 5.41 Å². The molecule has 69 heavy (non-hydrogen) atoms. The van der Waals surface area contributed by atoms with E-state index in [0.717, 1.165) is 44.3 Å². The maximum atomic E-state index is 5.49. The van der Waals surface area contributed by atoms with Gasteiger partial charge in [0.2, 0.25) is 5.95 Å². The van der Waals surface area contributed by atoms with Gasteiger partial charge in [-0.3, -0.25) is 4.57 Å². The van der Waals surface area contributed by atoms with Crippen molar-refractivity contribution >= 4 is 76.1 Å². The fourth-order valence-electron chi connectivity index (χ4n) is 12.7. The fourth-order valence-corrected chi connectivity index (χ4v) is 12.7. The molecular formula is C65H38N4. The summed E-state index contributed by atoms with van der Waals surface area (Å²) in [6.07, 6.45) is 0. The first kappa shape index (κ1) is 37.0. The van der Waals surface area contributed by atoms with Gasteiger partial charge in [0.15, 0.2) is 0 Å². The number of hydrogen-bond acceptors (Lipinski definition) is 2. The average Bonchev–Trinajstić information content (AvgIpc) is 4.03. The molecule has 0 bridgehead atoms. The Hall–Kier alpha value is -9.12. The number of hydrogen-bond donors (Lipinski definition) is 0. The number of fused-ring (bicyclic) bond motifs is 18. The lowest BCUT2D eigenvalue weighted by Gasteiger charge is -2.39. The highest BCUT2D eigenvalue weighted by Gasteiger charge is 2.50. The highest BCUT2D eigenvalue weighted by molar-refractivity contribution is 6.17. The minimum atomic E-state index is -0.434. The molecule has 1 aliphatic heterocycles. The van der Waals surface area contributed by atoms with Gasteiger partial charge in [-0.2, -0.15) is 0 Å². The van der Waals surface area contributed by atoms with E-state index in [4.69, 9.17) is 9.97 Å². The minimum Gasteiger partial charge on any atom is -0.309 e. The van der Waals surface area contributed by atoms with Crippen LogP contribution in [0.5, 0.6) is 0 Å². The summed E-state index contributed by atoms with van der Waals surface area (Å²) in [7, 11) is 0. The first-order valence-electron chi connectivity index (χ1n) is 23.8. The van der Waals surface area contributed by atoms with Gasteiger partial charge in [0.1, 0.15) is 0 Å². The Morgan fingerprint density at radius 2 is 0.928 bits per heavy atom. The van der Waals surface area contributed by atoms with Gasteiger partial charge < -0.3 is 4.57 Å². The molecule has 0 radical (unpaired) electrons. The maximum absolute atomic E-state index is 5.49. The molecule has 0 atom stereocenters. The van der Waals surface area contributed by atoms with Gasteiger partial charge in [0.05, 0.1) is 44.4 Å². The van der Waals surface area contributed by atoms with E-state index in [9.17, 15) is 0 Å². The fraction of sp³-hybridized carbons (Fsp3) is 0.0154. The maximum Gasteiger partial charge on any atom is 0.235 e. The molecule has 318 valence electrons. The van der Waals surface area contributed by atoms with Crippen LogP contribution in [-0.4, -0.2) is 19.1 Å². The summed E-state index contributed by atoms with van der Waals surface area (Å²) < 4.78 is 4.82. The molecule has 0 fully saturated rings. The van der Waals surface area contributed by atoms with Crippen molar-refractivity contribution in [3.05, 3.63) is 253 Å².